The smallest absolute Gasteiger partial charge is 0.226 e. The summed E-state index contributed by atoms with van der Waals surface area (Å²) in [7, 11) is -1.26. The highest BCUT2D eigenvalue weighted by atomic mass is 32.2. The molecule has 0 amide bonds. The van der Waals surface area contributed by atoms with E-state index in [1.807, 2.05) is 31.2 Å². The number of hydrogen-bond donors (Lipinski definition) is 0. The van der Waals surface area contributed by atoms with Gasteiger partial charge >= 0.3 is 0 Å². The van der Waals surface area contributed by atoms with Crippen LogP contribution in [0.15, 0.2) is 41.9 Å². The molecule has 7 nitrogen and oxygen atoms in total. The highest BCUT2D eigenvalue weighted by Gasteiger charge is 2.14. The largest absolute Gasteiger partial charge is 0.258 e. The van der Waals surface area contributed by atoms with Gasteiger partial charge in [-0.1, -0.05) is 13.0 Å². The lowest BCUT2D eigenvalue weighted by Crippen LogP contribution is -2.07. The Labute approximate surface area is 130 Å². The normalized spacial score (nSPS) is 12.3. The first kappa shape index (κ1) is 14.5. The zero-order valence-electron chi connectivity index (χ0n) is 12.2. The molecule has 1 atom stereocenters. The molecule has 0 aliphatic carbocycles. The molecule has 0 aliphatic rings. The first-order valence-corrected chi connectivity index (χ1v) is 8.28. The van der Waals surface area contributed by atoms with Crippen molar-refractivity contribution in [1.29, 1.82) is 0 Å². The lowest BCUT2D eigenvalue weighted by Gasteiger charge is -2.08. The number of pyridine rings is 1. The molecule has 0 aromatic carbocycles. The molecule has 0 fully saturated rings. The molecule has 8 heteroatoms. The van der Waals surface area contributed by atoms with E-state index in [2.05, 4.69) is 25.1 Å². The summed E-state index contributed by atoms with van der Waals surface area (Å²) in [6, 6.07) is 7.41. The van der Waals surface area contributed by atoms with Crippen LogP contribution in [-0.4, -0.2) is 40.2 Å². The van der Waals surface area contributed by atoms with Gasteiger partial charge in [-0.05, 0) is 18.6 Å². The third-order valence-corrected chi connectivity index (χ3v) is 3.83. The van der Waals surface area contributed by atoms with Crippen LogP contribution in [-0.2, 0) is 17.2 Å². The van der Waals surface area contributed by atoms with Crippen molar-refractivity contribution in [3.63, 3.8) is 0 Å². The summed E-state index contributed by atoms with van der Waals surface area (Å²) >= 11 is 0. The predicted octanol–water partition coefficient (Wildman–Crippen LogP) is 1.42. The van der Waals surface area contributed by atoms with E-state index in [1.54, 1.807) is 17.0 Å². The zero-order chi connectivity index (χ0) is 15.5. The van der Waals surface area contributed by atoms with Crippen LogP contribution in [0.4, 0.5) is 0 Å². The van der Waals surface area contributed by atoms with Crippen molar-refractivity contribution < 1.29 is 4.21 Å². The summed E-state index contributed by atoms with van der Waals surface area (Å²) in [5.74, 6) is 1.11. The van der Waals surface area contributed by atoms with Crippen molar-refractivity contribution in [3.05, 3.63) is 42.5 Å². The van der Waals surface area contributed by atoms with Crippen molar-refractivity contribution in [2.24, 2.45) is 0 Å². The van der Waals surface area contributed by atoms with Crippen molar-refractivity contribution >= 4 is 10.8 Å². The monoisotopic (exact) mass is 314 g/mol. The highest BCUT2D eigenvalue weighted by molar-refractivity contribution is 7.84. The van der Waals surface area contributed by atoms with Gasteiger partial charge < -0.3 is 0 Å². The average molecular weight is 314 g/mol. The van der Waals surface area contributed by atoms with Gasteiger partial charge in [0, 0.05) is 24.2 Å². The molecule has 0 saturated carbocycles. The van der Waals surface area contributed by atoms with E-state index in [0.717, 1.165) is 12.1 Å². The number of nitrogens with zero attached hydrogens (tertiary/aromatic N) is 6. The molecule has 0 saturated heterocycles. The SMILES string of the molecule is CCc1cc(-n2cnnc2[S@@](C)=O)nc(-c2ccccn2)n1. The molecule has 22 heavy (non-hydrogen) atoms. The summed E-state index contributed by atoms with van der Waals surface area (Å²) in [5, 5.41) is 8.06. The van der Waals surface area contributed by atoms with Crippen LogP contribution in [0.2, 0.25) is 0 Å². The Morgan fingerprint density at radius 3 is 2.82 bits per heavy atom. The molecular weight excluding hydrogens is 300 g/mol. The minimum atomic E-state index is -1.26. The first-order valence-electron chi connectivity index (χ1n) is 6.72. The van der Waals surface area contributed by atoms with Gasteiger partial charge in [-0.2, -0.15) is 0 Å². The molecule has 3 aromatic rings. The van der Waals surface area contributed by atoms with E-state index >= 15 is 0 Å². The fourth-order valence-electron chi connectivity index (χ4n) is 1.97. The first-order chi connectivity index (χ1) is 10.7. The van der Waals surface area contributed by atoms with Crippen molar-refractivity contribution in [1.82, 2.24) is 29.7 Å². The topological polar surface area (TPSA) is 86.5 Å². The second-order valence-electron chi connectivity index (χ2n) is 4.55. The number of hydrogen-bond acceptors (Lipinski definition) is 6. The van der Waals surface area contributed by atoms with Gasteiger partial charge in [0.15, 0.2) is 5.82 Å². The molecule has 0 N–H and O–H groups in total. The van der Waals surface area contributed by atoms with E-state index < -0.39 is 10.8 Å². The predicted molar refractivity (Wildman–Crippen MR) is 81.9 cm³/mol. The Morgan fingerprint density at radius 2 is 2.14 bits per heavy atom. The van der Waals surface area contributed by atoms with Gasteiger partial charge in [0.2, 0.25) is 5.16 Å². The molecule has 0 radical (unpaired) electrons. The van der Waals surface area contributed by atoms with E-state index in [1.165, 1.54) is 6.33 Å². The third kappa shape index (κ3) is 2.77. The van der Waals surface area contributed by atoms with Crippen LogP contribution in [0, 0.1) is 0 Å². The van der Waals surface area contributed by atoms with Gasteiger partial charge in [0.1, 0.15) is 17.8 Å². The maximum atomic E-state index is 11.7. The quantitative estimate of drug-likeness (QED) is 0.724. The Bertz CT molecular complexity index is 817. The molecule has 0 spiro atoms. The van der Waals surface area contributed by atoms with Crippen LogP contribution in [0.5, 0.6) is 0 Å². The minimum Gasteiger partial charge on any atom is -0.258 e. The summed E-state index contributed by atoms with van der Waals surface area (Å²) in [5.41, 5.74) is 1.55. The van der Waals surface area contributed by atoms with Crippen LogP contribution >= 0.6 is 0 Å². The Balaban J connectivity index is 2.16. The molecule has 3 aromatic heterocycles. The Hall–Kier alpha value is -2.48. The molecule has 0 aliphatic heterocycles. The van der Waals surface area contributed by atoms with Gasteiger partial charge in [-0.3, -0.25) is 13.8 Å². The van der Waals surface area contributed by atoms with Gasteiger partial charge in [0.05, 0.1) is 10.8 Å². The van der Waals surface area contributed by atoms with Crippen LogP contribution in [0.25, 0.3) is 17.3 Å². The fourth-order valence-corrected chi connectivity index (χ4v) is 2.55. The molecular formula is C14H14N6OS. The second kappa shape index (κ2) is 6.10. The Morgan fingerprint density at radius 1 is 1.27 bits per heavy atom. The van der Waals surface area contributed by atoms with Gasteiger partial charge in [-0.15, -0.1) is 10.2 Å². The average Bonchev–Trinajstić information content (AvgIpc) is 3.05. The minimum absolute atomic E-state index is 0.354. The third-order valence-electron chi connectivity index (χ3n) is 3.04. The fraction of sp³-hybridized carbons (Fsp3) is 0.214. The molecule has 112 valence electrons. The van der Waals surface area contributed by atoms with Crippen molar-refractivity contribution in [2.75, 3.05) is 6.26 Å². The van der Waals surface area contributed by atoms with E-state index in [0.29, 0.717) is 22.5 Å². The van der Waals surface area contributed by atoms with Gasteiger partial charge in [-0.25, -0.2) is 9.97 Å². The second-order valence-corrected chi connectivity index (χ2v) is 5.82. The summed E-state index contributed by atoms with van der Waals surface area (Å²) in [6.45, 7) is 2.01. The van der Waals surface area contributed by atoms with E-state index in [9.17, 15) is 4.21 Å². The van der Waals surface area contributed by atoms with E-state index in [4.69, 9.17) is 0 Å². The maximum absolute atomic E-state index is 11.7. The number of rotatable bonds is 4. The van der Waals surface area contributed by atoms with Crippen molar-refractivity contribution in [2.45, 2.75) is 18.5 Å². The maximum Gasteiger partial charge on any atom is 0.226 e. The van der Waals surface area contributed by atoms with Crippen molar-refractivity contribution in [3.8, 4) is 17.3 Å². The zero-order valence-corrected chi connectivity index (χ0v) is 13.0. The summed E-state index contributed by atoms with van der Waals surface area (Å²) < 4.78 is 13.4. The van der Waals surface area contributed by atoms with E-state index in [-0.39, 0.29) is 0 Å². The highest BCUT2D eigenvalue weighted by Crippen LogP contribution is 2.17. The van der Waals surface area contributed by atoms with Crippen LogP contribution in [0.3, 0.4) is 0 Å². The lowest BCUT2D eigenvalue weighted by molar-refractivity contribution is 0.674. The lowest BCUT2D eigenvalue weighted by atomic mass is 10.3. The number of aryl methyl sites for hydroxylation is 1. The molecule has 3 rings (SSSR count). The summed E-state index contributed by atoms with van der Waals surface area (Å²) in [6.07, 6.45) is 5.51. The molecule has 0 bridgehead atoms. The van der Waals surface area contributed by atoms with Gasteiger partial charge in [0.25, 0.3) is 0 Å². The number of aromatic nitrogens is 6. The summed E-state index contributed by atoms with van der Waals surface area (Å²) in [4.78, 5) is 13.3. The Kier molecular flexibility index (Phi) is 4.01. The van der Waals surface area contributed by atoms with Crippen LogP contribution in [0.1, 0.15) is 12.6 Å². The molecule has 0 unspecified atom stereocenters. The molecule has 3 heterocycles. The van der Waals surface area contributed by atoms with Crippen LogP contribution < -0.4 is 0 Å². The standard InChI is InChI=1S/C14H14N6OS/c1-3-10-8-12(20-9-16-19-14(20)22(2)21)18-13(17-10)11-6-4-5-7-15-11/h4-9H,3H2,1-2H3/t22-/m1/s1.